The van der Waals surface area contributed by atoms with Crippen molar-refractivity contribution < 1.29 is 9.53 Å². The van der Waals surface area contributed by atoms with Crippen LogP contribution in [0.3, 0.4) is 0 Å². The molecule has 5 nitrogen and oxygen atoms in total. The number of hydrogen-bond acceptors (Lipinski definition) is 4. The lowest BCUT2D eigenvalue weighted by Crippen LogP contribution is -2.15. The standard InChI is InChI=1S/C17H21N3O2/c1-4-12(2)19-16-9-8-14(11-18-16)20-17(21)13-6-5-7-15(10-13)22-3/h5-12H,4H2,1-3H3,(H,18,19)(H,20,21). The summed E-state index contributed by atoms with van der Waals surface area (Å²) in [5.41, 5.74) is 1.20. The quantitative estimate of drug-likeness (QED) is 0.856. The largest absolute Gasteiger partial charge is 0.497 e. The molecule has 2 aromatic rings. The summed E-state index contributed by atoms with van der Waals surface area (Å²) in [5, 5.41) is 6.10. The zero-order chi connectivity index (χ0) is 15.9. The van der Waals surface area contributed by atoms with Crippen LogP contribution in [0.4, 0.5) is 11.5 Å². The van der Waals surface area contributed by atoms with Gasteiger partial charge in [0, 0.05) is 11.6 Å². The average molecular weight is 299 g/mol. The van der Waals surface area contributed by atoms with Gasteiger partial charge in [0.15, 0.2) is 0 Å². The van der Waals surface area contributed by atoms with Crippen LogP contribution >= 0.6 is 0 Å². The maximum Gasteiger partial charge on any atom is 0.255 e. The molecule has 0 saturated heterocycles. The minimum atomic E-state index is -0.191. The molecule has 0 fully saturated rings. The highest BCUT2D eigenvalue weighted by atomic mass is 16.5. The first-order valence-corrected chi connectivity index (χ1v) is 7.30. The molecule has 2 N–H and O–H groups in total. The van der Waals surface area contributed by atoms with E-state index in [4.69, 9.17) is 4.74 Å². The predicted molar refractivity (Wildman–Crippen MR) is 88.6 cm³/mol. The van der Waals surface area contributed by atoms with Crippen LogP contribution in [0.15, 0.2) is 42.6 Å². The number of amides is 1. The molecule has 2 rings (SSSR count). The molecule has 5 heteroatoms. The van der Waals surface area contributed by atoms with Gasteiger partial charge in [0.25, 0.3) is 5.91 Å². The fourth-order valence-corrected chi connectivity index (χ4v) is 1.88. The topological polar surface area (TPSA) is 63.2 Å². The number of anilines is 2. The lowest BCUT2D eigenvalue weighted by molar-refractivity contribution is 0.102. The van der Waals surface area contributed by atoms with Gasteiger partial charge in [-0.15, -0.1) is 0 Å². The van der Waals surface area contributed by atoms with Crippen molar-refractivity contribution in [3.8, 4) is 5.75 Å². The Labute approximate surface area is 130 Å². The number of hydrogen-bond donors (Lipinski definition) is 2. The minimum absolute atomic E-state index is 0.191. The summed E-state index contributed by atoms with van der Waals surface area (Å²) in [4.78, 5) is 16.5. The molecule has 1 aromatic carbocycles. The molecular formula is C17H21N3O2. The smallest absolute Gasteiger partial charge is 0.255 e. The molecule has 0 bridgehead atoms. The number of nitrogens with zero attached hydrogens (tertiary/aromatic N) is 1. The molecule has 0 spiro atoms. The van der Waals surface area contributed by atoms with Crippen LogP contribution in [0.5, 0.6) is 5.75 Å². The van der Waals surface area contributed by atoms with E-state index in [0.717, 1.165) is 12.2 Å². The highest BCUT2D eigenvalue weighted by Gasteiger charge is 2.07. The number of pyridine rings is 1. The Morgan fingerprint density at radius 3 is 2.77 bits per heavy atom. The first-order chi connectivity index (χ1) is 10.6. The van der Waals surface area contributed by atoms with Gasteiger partial charge in [-0.2, -0.15) is 0 Å². The van der Waals surface area contributed by atoms with E-state index in [-0.39, 0.29) is 5.91 Å². The molecular weight excluding hydrogens is 278 g/mol. The van der Waals surface area contributed by atoms with E-state index >= 15 is 0 Å². The van der Waals surface area contributed by atoms with Gasteiger partial charge in [-0.3, -0.25) is 4.79 Å². The van der Waals surface area contributed by atoms with Gasteiger partial charge in [-0.05, 0) is 43.7 Å². The fourth-order valence-electron chi connectivity index (χ4n) is 1.88. The maximum absolute atomic E-state index is 12.2. The molecule has 0 aliphatic carbocycles. The number of ether oxygens (including phenoxy) is 1. The second-order valence-corrected chi connectivity index (χ2v) is 5.07. The van der Waals surface area contributed by atoms with E-state index in [0.29, 0.717) is 23.0 Å². The van der Waals surface area contributed by atoms with Crippen molar-refractivity contribution in [3.05, 3.63) is 48.2 Å². The number of benzene rings is 1. The number of nitrogens with one attached hydrogen (secondary N) is 2. The Morgan fingerprint density at radius 2 is 2.14 bits per heavy atom. The third-order valence-corrected chi connectivity index (χ3v) is 3.36. The highest BCUT2D eigenvalue weighted by molar-refractivity contribution is 6.04. The first-order valence-electron chi connectivity index (χ1n) is 7.30. The van der Waals surface area contributed by atoms with Crippen molar-refractivity contribution in [2.24, 2.45) is 0 Å². The van der Waals surface area contributed by atoms with Crippen LogP contribution in [0.1, 0.15) is 30.6 Å². The summed E-state index contributed by atoms with van der Waals surface area (Å²) in [6, 6.07) is 11.1. The summed E-state index contributed by atoms with van der Waals surface area (Å²) >= 11 is 0. The van der Waals surface area contributed by atoms with Crippen molar-refractivity contribution in [3.63, 3.8) is 0 Å². The monoisotopic (exact) mass is 299 g/mol. The molecule has 1 heterocycles. The zero-order valence-electron chi connectivity index (χ0n) is 13.1. The molecule has 0 aliphatic heterocycles. The second-order valence-electron chi connectivity index (χ2n) is 5.07. The summed E-state index contributed by atoms with van der Waals surface area (Å²) in [7, 11) is 1.57. The van der Waals surface area contributed by atoms with Gasteiger partial charge < -0.3 is 15.4 Å². The van der Waals surface area contributed by atoms with Crippen molar-refractivity contribution in [1.29, 1.82) is 0 Å². The average Bonchev–Trinajstić information content (AvgIpc) is 2.56. The van der Waals surface area contributed by atoms with Gasteiger partial charge in [-0.25, -0.2) is 4.98 Å². The zero-order valence-corrected chi connectivity index (χ0v) is 13.1. The van der Waals surface area contributed by atoms with E-state index < -0.39 is 0 Å². The fraction of sp³-hybridized carbons (Fsp3) is 0.294. The van der Waals surface area contributed by atoms with Crippen LogP contribution in [0, 0.1) is 0 Å². The summed E-state index contributed by atoms with van der Waals surface area (Å²) < 4.78 is 5.12. The summed E-state index contributed by atoms with van der Waals surface area (Å²) in [6.07, 6.45) is 2.67. The lowest BCUT2D eigenvalue weighted by atomic mass is 10.2. The van der Waals surface area contributed by atoms with Crippen molar-refractivity contribution >= 4 is 17.4 Å². The van der Waals surface area contributed by atoms with Crippen molar-refractivity contribution in [2.75, 3.05) is 17.7 Å². The van der Waals surface area contributed by atoms with E-state index in [1.165, 1.54) is 0 Å². The first kappa shape index (κ1) is 15.8. The van der Waals surface area contributed by atoms with Gasteiger partial charge in [0.1, 0.15) is 11.6 Å². The molecule has 0 radical (unpaired) electrons. The van der Waals surface area contributed by atoms with E-state index in [9.17, 15) is 4.79 Å². The maximum atomic E-state index is 12.2. The van der Waals surface area contributed by atoms with Crippen LogP contribution in [-0.2, 0) is 0 Å². The van der Waals surface area contributed by atoms with Gasteiger partial charge in [0.2, 0.25) is 0 Å². The Balaban J connectivity index is 2.02. The Morgan fingerprint density at radius 1 is 1.32 bits per heavy atom. The number of carbonyl (C=O) groups is 1. The molecule has 22 heavy (non-hydrogen) atoms. The minimum Gasteiger partial charge on any atom is -0.497 e. The van der Waals surface area contributed by atoms with Crippen LogP contribution < -0.4 is 15.4 Å². The SMILES string of the molecule is CCC(C)Nc1ccc(NC(=O)c2cccc(OC)c2)cn1. The number of aromatic nitrogens is 1. The highest BCUT2D eigenvalue weighted by Crippen LogP contribution is 2.16. The molecule has 0 saturated carbocycles. The van der Waals surface area contributed by atoms with Crippen LogP contribution in [0.2, 0.25) is 0 Å². The predicted octanol–water partition coefficient (Wildman–Crippen LogP) is 3.55. The Hall–Kier alpha value is -2.56. The number of rotatable bonds is 6. The molecule has 116 valence electrons. The molecule has 1 aromatic heterocycles. The van der Waals surface area contributed by atoms with Crippen LogP contribution in [-0.4, -0.2) is 24.0 Å². The Kier molecular flexibility index (Phi) is 5.36. The normalized spacial score (nSPS) is 11.6. The Bertz CT molecular complexity index is 626. The lowest BCUT2D eigenvalue weighted by Gasteiger charge is -2.12. The molecule has 1 unspecified atom stereocenters. The van der Waals surface area contributed by atoms with E-state index in [1.807, 2.05) is 12.1 Å². The van der Waals surface area contributed by atoms with E-state index in [2.05, 4.69) is 29.5 Å². The van der Waals surface area contributed by atoms with E-state index in [1.54, 1.807) is 37.6 Å². The third kappa shape index (κ3) is 4.22. The third-order valence-electron chi connectivity index (χ3n) is 3.36. The molecule has 0 aliphatic rings. The van der Waals surface area contributed by atoms with Crippen LogP contribution in [0.25, 0.3) is 0 Å². The summed E-state index contributed by atoms with van der Waals surface area (Å²) in [6.45, 7) is 4.21. The second kappa shape index (κ2) is 7.45. The van der Waals surface area contributed by atoms with Crippen molar-refractivity contribution in [1.82, 2.24) is 4.98 Å². The number of carbonyl (C=O) groups excluding carboxylic acids is 1. The molecule has 1 amide bonds. The van der Waals surface area contributed by atoms with Crippen molar-refractivity contribution in [2.45, 2.75) is 26.3 Å². The van der Waals surface area contributed by atoms with Gasteiger partial charge >= 0.3 is 0 Å². The summed E-state index contributed by atoms with van der Waals surface area (Å²) in [5.74, 6) is 1.26. The number of methoxy groups -OCH3 is 1. The molecule has 1 atom stereocenters. The van der Waals surface area contributed by atoms with Gasteiger partial charge in [0.05, 0.1) is 19.0 Å². The van der Waals surface area contributed by atoms with Gasteiger partial charge in [-0.1, -0.05) is 13.0 Å².